The highest BCUT2D eigenvalue weighted by Crippen LogP contribution is 2.01. The predicted octanol–water partition coefficient (Wildman–Crippen LogP) is 1.15. The van der Waals surface area contributed by atoms with Crippen LogP contribution >= 0.6 is 0 Å². The number of rotatable bonds is 4. The van der Waals surface area contributed by atoms with E-state index in [0.29, 0.717) is 12.0 Å². The summed E-state index contributed by atoms with van der Waals surface area (Å²) in [6, 6.07) is 0. The SMILES string of the molecule is CC/C=N/C(N)=N\c1ncc(CCC)c(=O)[nH]1. The van der Waals surface area contributed by atoms with Gasteiger partial charge in [0.15, 0.2) is 0 Å². The Morgan fingerprint density at radius 1 is 1.59 bits per heavy atom. The maximum atomic E-state index is 11.6. The Balaban J connectivity index is 2.90. The molecule has 1 rings (SSSR count). The average Bonchev–Trinajstić information content (AvgIpc) is 2.30. The van der Waals surface area contributed by atoms with Crippen molar-refractivity contribution in [2.45, 2.75) is 33.1 Å². The van der Waals surface area contributed by atoms with Crippen molar-refractivity contribution in [3.05, 3.63) is 22.1 Å². The van der Waals surface area contributed by atoms with Gasteiger partial charge in [-0.3, -0.25) is 9.78 Å². The van der Waals surface area contributed by atoms with Crippen molar-refractivity contribution in [2.24, 2.45) is 15.7 Å². The highest BCUT2D eigenvalue weighted by Gasteiger charge is 2.01. The maximum Gasteiger partial charge on any atom is 0.255 e. The summed E-state index contributed by atoms with van der Waals surface area (Å²) in [5.41, 5.74) is 6.01. The van der Waals surface area contributed by atoms with Crippen molar-refractivity contribution in [3.8, 4) is 0 Å². The third-order valence-corrected chi connectivity index (χ3v) is 2.01. The molecule has 0 aliphatic carbocycles. The zero-order valence-corrected chi connectivity index (χ0v) is 10.1. The number of hydrogen-bond acceptors (Lipinski definition) is 3. The smallest absolute Gasteiger partial charge is 0.255 e. The van der Waals surface area contributed by atoms with E-state index >= 15 is 0 Å². The van der Waals surface area contributed by atoms with E-state index in [-0.39, 0.29) is 17.5 Å². The van der Waals surface area contributed by atoms with Crippen molar-refractivity contribution < 1.29 is 0 Å². The molecule has 0 bridgehead atoms. The first-order valence-electron chi connectivity index (χ1n) is 5.62. The minimum absolute atomic E-state index is 0.0817. The van der Waals surface area contributed by atoms with E-state index in [2.05, 4.69) is 20.0 Å². The number of H-pyrrole nitrogens is 1. The fraction of sp³-hybridized carbons (Fsp3) is 0.455. The number of guanidine groups is 1. The molecule has 6 nitrogen and oxygen atoms in total. The summed E-state index contributed by atoms with van der Waals surface area (Å²) in [5.74, 6) is 0.263. The fourth-order valence-corrected chi connectivity index (χ4v) is 1.24. The molecule has 1 aromatic heterocycles. The van der Waals surface area contributed by atoms with E-state index in [0.717, 1.165) is 12.8 Å². The molecular weight excluding hydrogens is 218 g/mol. The Kier molecular flexibility index (Phi) is 5.06. The summed E-state index contributed by atoms with van der Waals surface area (Å²) in [7, 11) is 0. The van der Waals surface area contributed by atoms with Gasteiger partial charge in [-0.05, 0) is 12.8 Å². The Morgan fingerprint density at radius 2 is 2.35 bits per heavy atom. The summed E-state index contributed by atoms with van der Waals surface area (Å²) in [4.78, 5) is 25.9. The van der Waals surface area contributed by atoms with E-state index in [4.69, 9.17) is 5.73 Å². The lowest BCUT2D eigenvalue weighted by Gasteiger charge is -1.98. The molecule has 92 valence electrons. The second kappa shape index (κ2) is 6.57. The van der Waals surface area contributed by atoms with Crippen LogP contribution in [0.5, 0.6) is 0 Å². The van der Waals surface area contributed by atoms with Gasteiger partial charge in [-0.2, -0.15) is 4.99 Å². The molecule has 6 heteroatoms. The lowest BCUT2D eigenvalue weighted by molar-refractivity contribution is 0.884. The van der Waals surface area contributed by atoms with E-state index in [9.17, 15) is 4.79 Å². The first-order valence-corrected chi connectivity index (χ1v) is 5.62. The monoisotopic (exact) mass is 235 g/mol. The Morgan fingerprint density at radius 3 is 2.94 bits per heavy atom. The Bertz CT molecular complexity index is 475. The molecular formula is C11H17N5O. The molecule has 0 spiro atoms. The predicted molar refractivity (Wildman–Crippen MR) is 68.9 cm³/mol. The van der Waals surface area contributed by atoms with Crippen LogP contribution in [0.15, 0.2) is 21.0 Å². The molecule has 1 heterocycles. The van der Waals surface area contributed by atoms with Crippen LogP contribution in [-0.2, 0) is 6.42 Å². The van der Waals surface area contributed by atoms with Crippen LogP contribution in [0.4, 0.5) is 5.95 Å². The van der Waals surface area contributed by atoms with E-state index in [1.54, 1.807) is 6.21 Å². The second-order valence-corrected chi connectivity index (χ2v) is 3.50. The number of aliphatic imine (C=N–C) groups is 2. The van der Waals surface area contributed by atoms with Crippen LogP contribution in [0.3, 0.4) is 0 Å². The molecule has 3 N–H and O–H groups in total. The first-order chi connectivity index (χ1) is 8.17. The van der Waals surface area contributed by atoms with Crippen molar-refractivity contribution in [3.63, 3.8) is 0 Å². The molecule has 0 saturated carbocycles. The van der Waals surface area contributed by atoms with Crippen LogP contribution in [0.25, 0.3) is 0 Å². The summed E-state index contributed by atoms with van der Waals surface area (Å²) in [5, 5.41) is 0. The quantitative estimate of drug-likeness (QED) is 0.605. The van der Waals surface area contributed by atoms with Gasteiger partial charge in [0.1, 0.15) is 0 Å². The lowest BCUT2D eigenvalue weighted by atomic mass is 10.2. The molecule has 0 unspecified atom stereocenters. The zero-order chi connectivity index (χ0) is 12.7. The van der Waals surface area contributed by atoms with Gasteiger partial charge in [0.2, 0.25) is 11.9 Å². The largest absolute Gasteiger partial charge is 0.368 e. The third-order valence-electron chi connectivity index (χ3n) is 2.01. The van der Waals surface area contributed by atoms with Gasteiger partial charge in [0.25, 0.3) is 5.56 Å². The zero-order valence-electron chi connectivity index (χ0n) is 10.1. The van der Waals surface area contributed by atoms with Gasteiger partial charge < -0.3 is 5.73 Å². The summed E-state index contributed by atoms with van der Waals surface area (Å²) in [6.07, 6.45) is 5.54. The van der Waals surface area contributed by atoms with E-state index in [1.807, 2.05) is 13.8 Å². The molecule has 0 saturated heterocycles. The fourth-order valence-electron chi connectivity index (χ4n) is 1.24. The molecule has 0 atom stereocenters. The minimum Gasteiger partial charge on any atom is -0.368 e. The van der Waals surface area contributed by atoms with Crippen LogP contribution in [0.2, 0.25) is 0 Å². The number of aromatic nitrogens is 2. The molecule has 0 aliphatic rings. The standard InChI is InChI=1S/C11H17N5O/c1-3-5-8-7-14-11(15-9(8)17)16-10(12)13-6-4-2/h6-7H,3-5H2,1-2H3,(H3,12,14,15,16,17)/b13-6+. The molecule has 0 radical (unpaired) electrons. The average molecular weight is 235 g/mol. The number of nitrogens with one attached hydrogen (secondary N) is 1. The molecule has 17 heavy (non-hydrogen) atoms. The van der Waals surface area contributed by atoms with Crippen molar-refractivity contribution in [2.75, 3.05) is 0 Å². The number of nitrogens with two attached hydrogens (primary N) is 1. The summed E-state index contributed by atoms with van der Waals surface area (Å²) >= 11 is 0. The highest BCUT2D eigenvalue weighted by atomic mass is 16.1. The van der Waals surface area contributed by atoms with Crippen molar-refractivity contribution >= 4 is 18.1 Å². The second-order valence-electron chi connectivity index (χ2n) is 3.50. The Hall–Kier alpha value is -1.98. The maximum absolute atomic E-state index is 11.6. The van der Waals surface area contributed by atoms with Crippen LogP contribution < -0.4 is 11.3 Å². The van der Waals surface area contributed by atoms with Gasteiger partial charge in [-0.1, -0.05) is 20.3 Å². The molecule has 0 aromatic carbocycles. The summed E-state index contributed by atoms with van der Waals surface area (Å²) < 4.78 is 0. The highest BCUT2D eigenvalue weighted by molar-refractivity contribution is 5.87. The van der Waals surface area contributed by atoms with Gasteiger partial charge in [0, 0.05) is 18.0 Å². The topological polar surface area (TPSA) is 96.5 Å². The number of hydrogen-bond donors (Lipinski definition) is 2. The molecule has 1 aromatic rings. The van der Waals surface area contributed by atoms with Gasteiger partial charge in [-0.15, -0.1) is 0 Å². The molecule has 0 fully saturated rings. The Labute approximate surface area is 99.7 Å². The first kappa shape index (κ1) is 13.1. The molecule has 0 aliphatic heterocycles. The van der Waals surface area contributed by atoms with Gasteiger partial charge in [0.05, 0.1) is 0 Å². The van der Waals surface area contributed by atoms with Gasteiger partial charge >= 0.3 is 0 Å². The number of aromatic amines is 1. The summed E-state index contributed by atoms with van der Waals surface area (Å²) in [6.45, 7) is 3.94. The van der Waals surface area contributed by atoms with Crippen molar-refractivity contribution in [1.29, 1.82) is 0 Å². The lowest BCUT2D eigenvalue weighted by Crippen LogP contribution is -2.14. The number of nitrogens with zero attached hydrogens (tertiary/aromatic N) is 3. The molecule has 0 amide bonds. The number of aryl methyl sites for hydroxylation is 1. The normalized spacial score (nSPS) is 12.2. The van der Waals surface area contributed by atoms with E-state index in [1.165, 1.54) is 6.20 Å². The van der Waals surface area contributed by atoms with Crippen LogP contribution in [-0.4, -0.2) is 22.1 Å². The van der Waals surface area contributed by atoms with Gasteiger partial charge in [-0.25, -0.2) is 9.98 Å². The van der Waals surface area contributed by atoms with E-state index < -0.39 is 0 Å². The minimum atomic E-state index is -0.173. The van der Waals surface area contributed by atoms with Crippen LogP contribution in [0.1, 0.15) is 32.3 Å². The van der Waals surface area contributed by atoms with Crippen molar-refractivity contribution in [1.82, 2.24) is 9.97 Å². The third kappa shape index (κ3) is 4.18. The van der Waals surface area contributed by atoms with Crippen LogP contribution in [0, 0.1) is 0 Å².